The van der Waals surface area contributed by atoms with Gasteiger partial charge >= 0.3 is 0 Å². The normalized spacial score (nSPS) is 27.9. The Hall–Kier alpha value is -0.120. The Morgan fingerprint density at radius 3 is 2.86 bits per heavy atom. The van der Waals surface area contributed by atoms with E-state index >= 15 is 0 Å². The number of nitrogens with one attached hydrogen (secondary N) is 1. The van der Waals surface area contributed by atoms with Gasteiger partial charge in [0.2, 0.25) is 0 Å². The van der Waals surface area contributed by atoms with E-state index in [-0.39, 0.29) is 6.10 Å². The van der Waals surface area contributed by atoms with Crippen LogP contribution in [0.4, 0.5) is 0 Å². The third-order valence-corrected chi connectivity index (χ3v) is 2.81. The van der Waals surface area contributed by atoms with Gasteiger partial charge in [0, 0.05) is 19.3 Å². The predicted octanol–water partition coefficient (Wildman–Crippen LogP) is 1.31. The molecule has 0 aromatic heterocycles. The van der Waals surface area contributed by atoms with E-state index in [2.05, 4.69) is 5.32 Å². The number of aliphatic hydroxyl groups is 1. The van der Waals surface area contributed by atoms with Crippen LogP contribution in [0.25, 0.3) is 0 Å². The van der Waals surface area contributed by atoms with Gasteiger partial charge in [0.1, 0.15) is 0 Å². The summed E-state index contributed by atoms with van der Waals surface area (Å²) in [5.74, 6) is 0. The van der Waals surface area contributed by atoms with Crippen molar-refractivity contribution in [3.8, 4) is 0 Å². The van der Waals surface area contributed by atoms with Gasteiger partial charge in [-0.3, -0.25) is 0 Å². The molecule has 0 bridgehead atoms. The summed E-state index contributed by atoms with van der Waals surface area (Å²) >= 11 is 0. The summed E-state index contributed by atoms with van der Waals surface area (Å²) in [6, 6.07) is 0.324. The molecular weight excluding hydrogens is 178 g/mol. The zero-order valence-corrected chi connectivity index (χ0v) is 9.17. The second-order valence-corrected chi connectivity index (χ2v) is 3.96. The topological polar surface area (TPSA) is 41.5 Å². The largest absolute Gasteiger partial charge is 0.392 e. The highest BCUT2D eigenvalue weighted by molar-refractivity contribution is 4.79. The summed E-state index contributed by atoms with van der Waals surface area (Å²) in [5.41, 5.74) is 0. The molecule has 0 heterocycles. The fourth-order valence-electron chi connectivity index (χ4n) is 1.96. The fourth-order valence-corrected chi connectivity index (χ4v) is 1.96. The molecule has 14 heavy (non-hydrogen) atoms. The molecule has 0 aromatic rings. The van der Waals surface area contributed by atoms with Crippen LogP contribution in [0.5, 0.6) is 0 Å². The van der Waals surface area contributed by atoms with Crippen molar-refractivity contribution in [1.29, 1.82) is 0 Å². The van der Waals surface area contributed by atoms with Gasteiger partial charge < -0.3 is 15.2 Å². The summed E-state index contributed by atoms with van der Waals surface area (Å²) in [6.07, 6.45) is 5.42. The third-order valence-electron chi connectivity index (χ3n) is 2.81. The van der Waals surface area contributed by atoms with Crippen LogP contribution in [-0.4, -0.2) is 37.0 Å². The Kier molecular flexibility index (Phi) is 6.15. The second kappa shape index (κ2) is 7.21. The van der Waals surface area contributed by atoms with Crippen LogP contribution in [0.3, 0.4) is 0 Å². The molecule has 0 aromatic carbocycles. The van der Waals surface area contributed by atoms with Crippen molar-refractivity contribution in [2.75, 3.05) is 19.8 Å². The molecule has 1 aliphatic rings. The Labute approximate surface area is 86.8 Å². The van der Waals surface area contributed by atoms with Crippen molar-refractivity contribution in [2.45, 2.75) is 51.2 Å². The minimum Gasteiger partial charge on any atom is -0.392 e. The molecule has 1 rings (SSSR count). The highest BCUT2D eigenvalue weighted by Gasteiger charge is 2.21. The van der Waals surface area contributed by atoms with E-state index < -0.39 is 0 Å². The lowest BCUT2D eigenvalue weighted by atomic mass is 9.92. The van der Waals surface area contributed by atoms with E-state index in [0.29, 0.717) is 6.04 Å². The molecule has 84 valence electrons. The van der Waals surface area contributed by atoms with Crippen LogP contribution >= 0.6 is 0 Å². The summed E-state index contributed by atoms with van der Waals surface area (Å²) < 4.78 is 5.25. The van der Waals surface area contributed by atoms with Crippen LogP contribution in [0.1, 0.15) is 39.0 Å². The van der Waals surface area contributed by atoms with Crippen molar-refractivity contribution < 1.29 is 9.84 Å². The fraction of sp³-hybridized carbons (Fsp3) is 1.00. The zero-order chi connectivity index (χ0) is 10.2. The van der Waals surface area contributed by atoms with Crippen LogP contribution in [-0.2, 0) is 4.74 Å². The van der Waals surface area contributed by atoms with Crippen LogP contribution in [0.15, 0.2) is 0 Å². The van der Waals surface area contributed by atoms with Gasteiger partial charge in [-0.2, -0.15) is 0 Å². The first-order chi connectivity index (χ1) is 6.84. The summed E-state index contributed by atoms with van der Waals surface area (Å²) in [6.45, 7) is 4.60. The van der Waals surface area contributed by atoms with Crippen molar-refractivity contribution in [3.63, 3.8) is 0 Å². The van der Waals surface area contributed by atoms with E-state index in [0.717, 1.165) is 39.0 Å². The smallest absolute Gasteiger partial charge is 0.0693 e. The molecule has 0 unspecified atom stereocenters. The zero-order valence-electron chi connectivity index (χ0n) is 9.17. The average molecular weight is 201 g/mol. The minimum atomic E-state index is -0.129. The average Bonchev–Trinajstić information content (AvgIpc) is 2.20. The Balaban J connectivity index is 1.99. The Morgan fingerprint density at radius 1 is 1.36 bits per heavy atom. The molecule has 1 aliphatic carbocycles. The van der Waals surface area contributed by atoms with Gasteiger partial charge in [0.05, 0.1) is 6.10 Å². The first-order valence-corrected chi connectivity index (χ1v) is 5.83. The van der Waals surface area contributed by atoms with Crippen LogP contribution < -0.4 is 5.32 Å². The van der Waals surface area contributed by atoms with Gasteiger partial charge in [-0.15, -0.1) is 0 Å². The molecular formula is C11H23NO2. The molecule has 0 spiro atoms. The number of ether oxygens (including phenoxy) is 1. The van der Waals surface area contributed by atoms with E-state index in [1.807, 2.05) is 6.92 Å². The van der Waals surface area contributed by atoms with E-state index in [4.69, 9.17) is 4.74 Å². The third kappa shape index (κ3) is 4.40. The maximum atomic E-state index is 9.68. The summed E-state index contributed by atoms with van der Waals surface area (Å²) in [4.78, 5) is 0. The summed E-state index contributed by atoms with van der Waals surface area (Å²) in [7, 11) is 0. The molecule has 0 radical (unpaired) electrons. The minimum absolute atomic E-state index is 0.129. The number of hydrogen-bond donors (Lipinski definition) is 2. The predicted molar refractivity (Wildman–Crippen MR) is 57.4 cm³/mol. The molecule has 1 saturated carbocycles. The maximum Gasteiger partial charge on any atom is 0.0693 e. The standard InChI is InChI=1S/C11H23NO2/c1-2-14-9-5-8-12-10-6-3-4-7-11(10)13/h10-13H,2-9H2,1H3/t10-,11-/m1/s1. The highest BCUT2D eigenvalue weighted by atomic mass is 16.5. The first kappa shape index (κ1) is 12.0. The lowest BCUT2D eigenvalue weighted by Crippen LogP contribution is -2.42. The van der Waals surface area contributed by atoms with E-state index in [1.165, 1.54) is 12.8 Å². The highest BCUT2D eigenvalue weighted by Crippen LogP contribution is 2.18. The number of rotatable bonds is 6. The molecule has 0 aliphatic heterocycles. The van der Waals surface area contributed by atoms with E-state index in [1.54, 1.807) is 0 Å². The Bertz CT molecular complexity index is 141. The lowest BCUT2D eigenvalue weighted by Gasteiger charge is -2.28. The summed E-state index contributed by atoms with van der Waals surface area (Å²) in [5, 5.41) is 13.1. The quantitative estimate of drug-likeness (QED) is 0.637. The van der Waals surface area contributed by atoms with Crippen LogP contribution in [0, 0.1) is 0 Å². The monoisotopic (exact) mass is 201 g/mol. The molecule has 0 saturated heterocycles. The number of aliphatic hydroxyl groups excluding tert-OH is 1. The molecule has 3 heteroatoms. The number of hydrogen-bond acceptors (Lipinski definition) is 3. The van der Waals surface area contributed by atoms with Crippen molar-refractivity contribution in [2.24, 2.45) is 0 Å². The van der Waals surface area contributed by atoms with Gasteiger partial charge in [0.15, 0.2) is 0 Å². The SMILES string of the molecule is CCOCCCN[C@@H]1CCCC[C@H]1O. The van der Waals surface area contributed by atoms with Gasteiger partial charge in [0.25, 0.3) is 0 Å². The van der Waals surface area contributed by atoms with Gasteiger partial charge in [-0.05, 0) is 32.7 Å². The van der Waals surface area contributed by atoms with E-state index in [9.17, 15) is 5.11 Å². The molecule has 0 amide bonds. The first-order valence-electron chi connectivity index (χ1n) is 5.83. The van der Waals surface area contributed by atoms with Crippen molar-refractivity contribution in [1.82, 2.24) is 5.32 Å². The van der Waals surface area contributed by atoms with Crippen molar-refractivity contribution >= 4 is 0 Å². The molecule has 2 N–H and O–H groups in total. The molecule has 2 atom stereocenters. The van der Waals surface area contributed by atoms with Crippen molar-refractivity contribution in [3.05, 3.63) is 0 Å². The molecule has 1 fully saturated rings. The van der Waals surface area contributed by atoms with Crippen LogP contribution in [0.2, 0.25) is 0 Å². The molecule has 3 nitrogen and oxygen atoms in total. The lowest BCUT2D eigenvalue weighted by molar-refractivity contribution is 0.0878. The van der Waals surface area contributed by atoms with Gasteiger partial charge in [-0.25, -0.2) is 0 Å². The second-order valence-electron chi connectivity index (χ2n) is 3.96. The van der Waals surface area contributed by atoms with Gasteiger partial charge in [-0.1, -0.05) is 12.8 Å². The maximum absolute atomic E-state index is 9.68. The Morgan fingerprint density at radius 2 is 2.14 bits per heavy atom.